The molecule has 0 atom stereocenters. The van der Waals surface area contributed by atoms with E-state index in [1.807, 2.05) is 6.07 Å². The maximum Gasteiger partial charge on any atom is 0.251 e. The predicted molar refractivity (Wildman–Crippen MR) is 101 cm³/mol. The fourth-order valence-electron chi connectivity index (χ4n) is 2.17. The van der Waals surface area contributed by atoms with Gasteiger partial charge in [-0.25, -0.2) is 13.1 Å². The number of amides is 1. The van der Waals surface area contributed by atoms with Gasteiger partial charge < -0.3 is 11.1 Å². The van der Waals surface area contributed by atoms with Crippen LogP contribution < -0.4 is 15.8 Å². The van der Waals surface area contributed by atoms with E-state index < -0.39 is 10.0 Å². The minimum Gasteiger partial charge on any atom is -0.348 e. The number of hydrogen-bond acceptors (Lipinski definition) is 4. The summed E-state index contributed by atoms with van der Waals surface area (Å²) in [5.41, 5.74) is 8.62. The van der Waals surface area contributed by atoms with Gasteiger partial charge in [0.25, 0.3) is 5.91 Å². The fraction of sp³-hybridized carbons (Fsp3) is 0.235. The van der Waals surface area contributed by atoms with Gasteiger partial charge in [0.1, 0.15) is 0 Å². The first-order valence-corrected chi connectivity index (χ1v) is 9.15. The minimum atomic E-state index is -3.28. The summed E-state index contributed by atoms with van der Waals surface area (Å²) in [5, 5.41) is 2.84. The van der Waals surface area contributed by atoms with Crippen LogP contribution in [0.4, 0.5) is 0 Å². The summed E-state index contributed by atoms with van der Waals surface area (Å²) < 4.78 is 25.3. The number of halogens is 1. The molecule has 0 aliphatic rings. The van der Waals surface area contributed by atoms with Gasteiger partial charge in [-0.05, 0) is 35.9 Å². The topological polar surface area (TPSA) is 101 Å². The highest BCUT2D eigenvalue weighted by Crippen LogP contribution is 2.09. The van der Waals surface area contributed by atoms with Crippen LogP contribution in [0.25, 0.3) is 0 Å². The van der Waals surface area contributed by atoms with Crippen molar-refractivity contribution in [3.05, 3.63) is 70.8 Å². The first-order valence-electron chi connectivity index (χ1n) is 7.50. The third-order valence-corrected chi connectivity index (χ3v) is 4.90. The van der Waals surface area contributed by atoms with Crippen LogP contribution >= 0.6 is 12.4 Å². The first kappa shape index (κ1) is 21.1. The molecule has 8 heteroatoms. The number of sulfonamides is 1. The van der Waals surface area contributed by atoms with Crippen molar-refractivity contribution in [1.82, 2.24) is 10.0 Å². The molecule has 2 aromatic rings. The Morgan fingerprint density at radius 2 is 1.68 bits per heavy atom. The van der Waals surface area contributed by atoms with Crippen LogP contribution in [0.15, 0.2) is 48.5 Å². The lowest BCUT2D eigenvalue weighted by molar-refractivity contribution is 0.0951. The molecule has 1 amide bonds. The van der Waals surface area contributed by atoms with E-state index >= 15 is 0 Å². The highest BCUT2D eigenvalue weighted by atomic mass is 35.5. The molecule has 0 spiro atoms. The maximum atomic E-state index is 12.1. The van der Waals surface area contributed by atoms with E-state index in [4.69, 9.17) is 5.73 Å². The summed E-state index contributed by atoms with van der Waals surface area (Å²) in [6, 6.07) is 14.3. The quantitative estimate of drug-likeness (QED) is 0.675. The van der Waals surface area contributed by atoms with Crippen LogP contribution in [-0.2, 0) is 28.9 Å². The van der Waals surface area contributed by atoms with Crippen molar-refractivity contribution in [2.45, 2.75) is 18.8 Å². The Labute approximate surface area is 154 Å². The zero-order valence-electron chi connectivity index (χ0n) is 13.9. The third-order valence-electron chi connectivity index (χ3n) is 3.57. The van der Waals surface area contributed by atoms with Crippen molar-refractivity contribution < 1.29 is 13.2 Å². The van der Waals surface area contributed by atoms with Gasteiger partial charge in [0, 0.05) is 18.7 Å². The van der Waals surface area contributed by atoms with Gasteiger partial charge in [0.2, 0.25) is 10.0 Å². The Morgan fingerprint density at radius 1 is 1.04 bits per heavy atom. The molecule has 0 aliphatic heterocycles. The average Bonchev–Trinajstić information content (AvgIpc) is 2.60. The lowest BCUT2D eigenvalue weighted by atomic mass is 10.1. The molecule has 0 saturated carbocycles. The number of hydrogen-bond donors (Lipinski definition) is 3. The number of carbonyl (C=O) groups is 1. The van der Waals surface area contributed by atoms with Gasteiger partial charge in [-0.1, -0.05) is 36.4 Å². The van der Waals surface area contributed by atoms with Gasteiger partial charge in [0.15, 0.2) is 0 Å². The van der Waals surface area contributed by atoms with Crippen molar-refractivity contribution in [2.24, 2.45) is 5.73 Å². The van der Waals surface area contributed by atoms with Gasteiger partial charge in [0.05, 0.1) is 5.75 Å². The van der Waals surface area contributed by atoms with Crippen LogP contribution in [0.2, 0.25) is 0 Å². The highest BCUT2D eigenvalue weighted by molar-refractivity contribution is 7.88. The van der Waals surface area contributed by atoms with Gasteiger partial charge in [-0.15, -0.1) is 12.4 Å². The second kappa shape index (κ2) is 9.53. The largest absolute Gasteiger partial charge is 0.348 e. The predicted octanol–water partition coefficient (Wildman–Crippen LogP) is 1.55. The molecule has 6 nitrogen and oxygen atoms in total. The Kier molecular flexibility index (Phi) is 8.05. The maximum absolute atomic E-state index is 12.1. The summed E-state index contributed by atoms with van der Waals surface area (Å²) in [4.78, 5) is 12.1. The molecule has 0 heterocycles. The number of benzene rings is 2. The highest BCUT2D eigenvalue weighted by Gasteiger charge is 2.09. The van der Waals surface area contributed by atoms with Crippen molar-refractivity contribution in [1.29, 1.82) is 0 Å². The van der Waals surface area contributed by atoms with Crippen LogP contribution in [0.5, 0.6) is 0 Å². The number of nitrogens with one attached hydrogen (secondary N) is 2. The van der Waals surface area contributed by atoms with E-state index in [2.05, 4.69) is 10.0 Å². The van der Waals surface area contributed by atoms with Crippen molar-refractivity contribution in [3.63, 3.8) is 0 Å². The molecular formula is C17H22ClN3O3S. The van der Waals surface area contributed by atoms with E-state index in [9.17, 15) is 13.2 Å². The summed E-state index contributed by atoms with van der Waals surface area (Å²) in [7, 11) is -1.90. The van der Waals surface area contributed by atoms with Crippen LogP contribution in [0.1, 0.15) is 27.0 Å². The van der Waals surface area contributed by atoms with Gasteiger partial charge >= 0.3 is 0 Å². The molecule has 4 N–H and O–H groups in total. The number of rotatable bonds is 7. The molecule has 0 radical (unpaired) electrons. The van der Waals surface area contributed by atoms with E-state index in [1.165, 1.54) is 7.05 Å². The molecule has 0 unspecified atom stereocenters. The van der Waals surface area contributed by atoms with E-state index in [0.717, 1.165) is 11.1 Å². The Hall–Kier alpha value is -1.93. The molecular weight excluding hydrogens is 362 g/mol. The molecule has 2 aromatic carbocycles. The summed E-state index contributed by atoms with van der Waals surface area (Å²) in [6.45, 7) is 0.753. The lowest BCUT2D eigenvalue weighted by Gasteiger charge is -2.08. The summed E-state index contributed by atoms with van der Waals surface area (Å²) >= 11 is 0. The molecule has 0 saturated heterocycles. The van der Waals surface area contributed by atoms with Gasteiger partial charge in [-0.3, -0.25) is 4.79 Å². The minimum absolute atomic E-state index is 0. The Morgan fingerprint density at radius 3 is 2.28 bits per heavy atom. The fourth-order valence-corrected chi connectivity index (χ4v) is 2.94. The Balaban J connectivity index is 0.00000312. The molecule has 0 bridgehead atoms. The Bertz CT molecular complexity index is 808. The standard InChI is InChI=1S/C17H21N3O3S.ClH/c1-19-24(22,23)12-14-7-5-13(6-8-14)11-20-17(21)16-4-2-3-15(9-16)10-18;/h2-9,19H,10-12,18H2,1H3,(H,20,21);1H. The third kappa shape index (κ3) is 6.47. The summed E-state index contributed by atoms with van der Waals surface area (Å²) in [6.07, 6.45) is 0. The molecule has 0 aliphatic carbocycles. The molecule has 136 valence electrons. The first-order chi connectivity index (χ1) is 11.4. The van der Waals surface area contributed by atoms with Crippen molar-refractivity contribution >= 4 is 28.3 Å². The molecule has 2 rings (SSSR count). The van der Waals surface area contributed by atoms with E-state index in [0.29, 0.717) is 24.2 Å². The summed E-state index contributed by atoms with van der Waals surface area (Å²) in [5.74, 6) is -0.241. The molecule has 0 aromatic heterocycles. The van der Waals surface area contributed by atoms with E-state index in [1.54, 1.807) is 42.5 Å². The molecule has 25 heavy (non-hydrogen) atoms. The second-order valence-electron chi connectivity index (χ2n) is 5.37. The monoisotopic (exact) mass is 383 g/mol. The molecule has 0 fully saturated rings. The zero-order chi connectivity index (χ0) is 17.6. The van der Waals surface area contributed by atoms with Crippen LogP contribution in [-0.4, -0.2) is 21.4 Å². The number of carbonyl (C=O) groups excluding carboxylic acids is 1. The smallest absolute Gasteiger partial charge is 0.251 e. The van der Waals surface area contributed by atoms with E-state index in [-0.39, 0.29) is 24.1 Å². The normalized spacial score (nSPS) is 10.8. The van der Waals surface area contributed by atoms with Crippen LogP contribution in [0.3, 0.4) is 0 Å². The van der Waals surface area contributed by atoms with Crippen molar-refractivity contribution in [2.75, 3.05) is 7.05 Å². The zero-order valence-corrected chi connectivity index (χ0v) is 15.5. The SMILES string of the molecule is CNS(=O)(=O)Cc1ccc(CNC(=O)c2cccc(CN)c2)cc1.Cl. The number of nitrogens with two attached hydrogens (primary N) is 1. The average molecular weight is 384 g/mol. The second-order valence-corrected chi connectivity index (χ2v) is 7.29. The van der Waals surface area contributed by atoms with Gasteiger partial charge in [-0.2, -0.15) is 0 Å². The lowest BCUT2D eigenvalue weighted by Crippen LogP contribution is -2.23. The van der Waals surface area contributed by atoms with Crippen molar-refractivity contribution in [3.8, 4) is 0 Å². The van der Waals surface area contributed by atoms with Crippen LogP contribution in [0, 0.1) is 0 Å².